The van der Waals surface area contributed by atoms with Gasteiger partial charge < -0.3 is 4.31 Å². The van der Waals surface area contributed by atoms with Gasteiger partial charge in [-0.05, 0) is 31.2 Å². The average Bonchev–Trinajstić information content (AvgIpc) is 2.88. The van der Waals surface area contributed by atoms with E-state index in [1.165, 1.54) is 10.4 Å². The lowest BCUT2D eigenvalue weighted by atomic mass is 10.3. The highest BCUT2D eigenvalue weighted by Crippen LogP contribution is 2.33. The molecular formula is C15H14N2S2. The molecule has 0 fully saturated rings. The van der Waals surface area contributed by atoms with Crippen molar-refractivity contribution < 1.29 is 0 Å². The van der Waals surface area contributed by atoms with Crippen LogP contribution < -0.4 is 4.31 Å². The van der Waals surface area contributed by atoms with E-state index < -0.39 is 0 Å². The number of fused-ring (bicyclic) bond motifs is 1. The van der Waals surface area contributed by atoms with Gasteiger partial charge in [-0.2, -0.15) is 0 Å². The fourth-order valence-corrected chi connectivity index (χ4v) is 3.95. The molecule has 0 radical (unpaired) electrons. The van der Waals surface area contributed by atoms with Crippen molar-refractivity contribution in [3.8, 4) is 0 Å². The highest BCUT2D eigenvalue weighted by atomic mass is 32.2. The Morgan fingerprint density at radius 1 is 1.05 bits per heavy atom. The summed E-state index contributed by atoms with van der Waals surface area (Å²) in [7, 11) is 0. The zero-order valence-electron chi connectivity index (χ0n) is 10.6. The van der Waals surface area contributed by atoms with E-state index in [0.717, 1.165) is 16.4 Å². The van der Waals surface area contributed by atoms with Crippen LogP contribution in [-0.2, 0) is 0 Å². The van der Waals surface area contributed by atoms with Crippen LogP contribution in [0.15, 0.2) is 58.9 Å². The Bertz CT molecular complexity index is 631. The summed E-state index contributed by atoms with van der Waals surface area (Å²) >= 11 is 3.45. The number of hydrogen-bond acceptors (Lipinski definition) is 4. The molecule has 0 spiro atoms. The monoisotopic (exact) mass is 286 g/mol. The lowest BCUT2D eigenvalue weighted by Gasteiger charge is -2.19. The summed E-state index contributed by atoms with van der Waals surface area (Å²) in [5.41, 5.74) is 2.30. The molecule has 1 aromatic heterocycles. The molecule has 0 N–H and O–H groups in total. The second-order valence-corrected chi connectivity index (χ2v) is 6.37. The fourth-order valence-electron chi connectivity index (χ4n) is 1.88. The van der Waals surface area contributed by atoms with Crippen LogP contribution in [0.25, 0.3) is 10.2 Å². The third-order valence-electron chi connectivity index (χ3n) is 2.79. The molecule has 0 unspecified atom stereocenters. The Labute approximate surface area is 121 Å². The average molecular weight is 286 g/mol. The SMILES string of the molecule is CCN(Sc1nc2ccccc2s1)c1ccccc1. The van der Waals surface area contributed by atoms with Crippen molar-refractivity contribution in [2.24, 2.45) is 0 Å². The molecule has 0 saturated heterocycles. The van der Waals surface area contributed by atoms with Gasteiger partial charge in [-0.25, -0.2) is 4.98 Å². The summed E-state index contributed by atoms with van der Waals surface area (Å²) in [6.45, 7) is 3.11. The molecule has 1 heterocycles. The summed E-state index contributed by atoms with van der Waals surface area (Å²) in [5.74, 6) is 0. The molecule has 0 bridgehead atoms. The molecule has 3 aromatic rings. The minimum Gasteiger partial charge on any atom is -0.310 e. The topological polar surface area (TPSA) is 16.1 Å². The fraction of sp³-hybridized carbons (Fsp3) is 0.133. The first-order valence-corrected chi connectivity index (χ1v) is 7.82. The predicted octanol–water partition coefficient (Wildman–Crippen LogP) is 4.83. The quantitative estimate of drug-likeness (QED) is 0.639. The zero-order valence-corrected chi connectivity index (χ0v) is 12.2. The summed E-state index contributed by atoms with van der Waals surface area (Å²) in [6.07, 6.45) is 0. The highest BCUT2D eigenvalue weighted by molar-refractivity contribution is 8.02. The minimum atomic E-state index is 0.949. The molecule has 96 valence electrons. The Morgan fingerprint density at radius 2 is 1.79 bits per heavy atom. The first kappa shape index (κ1) is 12.5. The van der Waals surface area contributed by atoms with E-state index >= 15 is 0 Å². The van der Waals surface area contributed by atoms with Gasteiger partial charge in [-0.1, -0.05) is 30.3 Å². The van der Waals surface area contributed by atoms with E-state index in [2.05, 4.69) is 58.7 Å². The van der Waals surface area contributed by atoms with Gasteiger partial charge in [0.1, 0.15) is 0 Å². The molecule has 19 heavy (non-hydrogen) atoms. The van der Waals surface area contributed by atoms with Crippen LogP contribution in [0.3, 0.4) is 0 Å². The molecule has 2 nitrogen and oxygen atoms in total. The molecule has 0 aliphatic rings. The first-order chi connectivity index (χ1) is 9.36. The largest absolute Gasteiger partial charge is 0.310 e. The normalized spacial score (nSPS) is 10.8. The Kier molecular flexibility index (Phi) is 3.71. The molecule has 0 aliphatic heterocycles. The molecule has 0 aliphatic carbocycles. The van der Waals surface area contributed by atoms with Gasteiger partial charge >= 0.3 is 0 Å². The molecule has 2 aromatic carbocycles. The molecular weight excluding hydrogens is 272 g/mol. The number of thiazole rings is 1. The van der Waals surface area contributed by atoms with E-state index in [4.69, 9.17) is 0 Å². The Morgan fingerprint density at radius 3 is 2.53 bits per heavy atom. The standard InChI is InChI=1S/C15H14N2S2/c1-2-17(12-8-4-3-5-9-12)19-15-16-13-10-6-7-11-14(13)18-15/h3-11H,2H2,1H3. The lowest BCUT2D eigenvalue weighted by Crippen LogP contribution is -2.12. The van der Waals surface area contributed by atoms with E-state index in [0.29, 0.717) is 0 Å². The third kappa shape index (κ3) is 2.74. The van der Waals surface area contributed by atoms with Crippen molar-refractivity contribution in [1.29, 1.82) is 0 Å². The van der Waals surface area contributed by atoms with Gasteiger partial charge in [-0.15, -0.1) is 11.3 Å². The van der Waals surface area contributed by atoms with E-state index in [1.807, 2.05) is 12.1 Å². The van der Waals surface area contributed by atoms with Gasteiger partial charge in [0, 0.05) is 24.2 Å². The van der Waals surface area contributed by atoms with Crippen LogP contribution in [-0.4, -0.2) is 11.5 Å². The Balaban J connectivity index is 1.86. The van der Waals surface area contributed by atoms with Crippen LogP contribution >= 0.6 is 23.3 Å². The number of rotatable bonds is 4. The number of nitrogens with zero attached hydrogens (tertiary/aromatic N) is 2. The second kappa shape index (κ2) is 5.63. The second-order valence-electron chi connectivity index (χ2n) is 4.07. The minimum absolute atomic E-state index is 0.949. The first-order valence-electron chi connectivity index (χ1n) is 6.23. The van der Waals surface area contributed by atoms with Gasteiger partial charge in [0.05, 0.1) is 10.2 Å². The smallest absolute Gasteiger partial charge is 0.171 e. The maximum Gasteiger partial charge on any atom is 0.171 e. The van der Waals surface area contributed by atoms with Crippen molar-refractivity contribution in [1.82, 2.24) is 4.98 Å². The summed E-state index contributed by atoms with van der Waals surface area (Å²) in [6, 6.07) is 18.7. The summed E-state index contributed by atoms with van der Waals surface area (Å²) < 4.78 is 4.60. The molecule has 0 amide bonds. The lowest BCUT2D eigenvalue weighted by molar-refractivity contribution is 1.10. The summed E-state index contributed by atoms with van der Waals surface area (Å²) in [4.78, 5) is 4.67. The van der Waals surface area contributed by atoms with E-state index in [1.54, 1.807) is 23.3 Å². The number of anilines is 1. The van der Waals surface area contributed by atoms with Gasteiger partial charge in [-0.3, -0.25) is 0 Å². The van der Waals surface area contributed by atoms with Crippen molar-refractivity contribution in [2.75, 3.05) is 10.8 Å². The van der Waals surface area contributed by atoms with Crippen molar-refractivity contribution in [3.63, 3.8) is 0 Å². The number of hydrogen-bond donors (Lipinski definition) is 0. The van der Waals surface area contributed by atoms with Crippen molar-refractivity contribution in [2.45, 2.75) is 11.3 Å². The van der Waals surface area contributed by atoms with Gasteiger partial charge in [0.15, 0.2) is 4.34 Å². The van der Waals surface area contributed by atoms with Crippen molar-refractivity contribution in [3.05, 3.63) is 54.6 Å². The number of benzene rings is 2. The molecule has 0 atom stereocenters. The number of aromatic nitrogens is 1. The summed E-state index contributed by atoms with van der Waals surface area (Å²) in [5, 5.41) is 0. The van der Waals surface area contributed by atoms with Crippen LogP contribution in [0, 0.1) is 0 Å². The van der Waals surface area contributed by atoms with Gasteiger partial charge in [0.2, 0.25) is 0 Å². The van der Waals surface area contributed by atoms with Crippen LogP contribution in [0.1, 0.15) is 6.92 Å². The van der Waals surface area contributed by atoms with E-state index in [-0.39, 0.29) is 0 Å². The molecule has 3 rings (SSSR count). The maximum atomic E-state index is 4.67. The molecule has 4 heteroatoms. The van der Waals surface area contributed by atoms with Crippen molar-refractivity contribution >= 4 is 39.2 Å². The van der Waals surface area contributed by atoms with Crippen LogP contribution in [0.2, 0.25) is 0 Å². The van der Waals surface area contributed by atoms with Gasteiger partial charge in [0.25, 0.3) is 0 Å². The maximum absolute atomic E-state index is 4.67. The van der Waals surface area contributed by atoms with Crippen LogP contribution in [0.5, 0.6) is 0 Å². The van der Waals surface area contributed by atoms with E-state index in [9.17, 15) is 0 Å². The zero-order chi connectivity index (χ0) is 13.1. The molecule has 0 saturated carbocycles. The predicted molar refractivity (Wildman–Crippen MR) is 84.9 cm³/mol. The Hall–Kier alpha value is -1.52. The number of para-hydroxylation sites is 2. The third-order valence-corrected chi connectivity index (χ3v) is 5.04. The highest BCUT2D eigenvalue weighted by Gasteiger charge is 2.10. The van der Waals surface area contributed by atoms with Crippen LogP contribution in [0.4, 0.5) is 5.69 Å².